The van der Waals surface area contributed by atoms with E-state index in [1.54, 1.807) is 19.9 Å². The Hall–Kier alpha value is -3.61. The third kappa shape index (κ3) is 4.42. The van der Waals surface area contributed by atoms with Crippen LogP contribution in [0.1, 0.15) is 43.7 Å². The Bertz CT molecular complexity index is 1090. The van der Waals surface area contributed by atoms with Crippen LogP contribution in [-0.4, -0.2) is 53.2 Å². The second kappa shape index (κ2) is 8.97. The van der Waals surface area contributed by atoms with Gasteiger partial charge in [0.25, 0.3) is 0 Å². The topological polar surface area (TPSA) is 95.9 Å². The number of ether oxygens (including phenoxy) is 1. The van der Waals surface area contributed by atoms with Crippen molar-refractivity contribution in [1.82, 2.24) is 10.2 Å². The summed E-state index contributed by atoms with van der Waals surface area (Å²) in [5.41, 5.74) is 2.76. The molecule has 2 aromatic carbocycles. The molecule has 1 saturated heterocycles. The zero-order valence-electron chi connectivity index (χ0n) is 19.5. The molecule has 0 saturated carbocycles. The van der Waals surface area contributed by atoms with Crippen LogP contribution in [0.25, 0.3) is 11.1 Å². The van der Waals surface area contributed by atoms with E-state index in [1.807, 2.05) is 24.3 Å². The monoisotopic (exact) mass is 462 g/mol. The van der Waals surface area contributed by atoms with Gasteiger partial charge in [-0.15, -0.1) is 6.58 Å². The van der Waals surface area contributed by atoms with Gasteiger partial charge in [-0.25, -0.2) is 4.79 Å². The molecule has 1 aliphatic carbocycles. The first-order valence-corrected chi connectivity index (χ1v) is 11.4. The van der Waals surface area contributed by atoms with Crippen molar-refractivity contribution < 1.29 is 24.2 Å². The number of carbonyl (C=O) groups is 3. The summed E-state index contributed by atoms with van der Waals surface area (Å²) in [6, 6.07) is 16.2. The fourth-order valence-electron chi connectivity index (χ4n) is 4.93. The quantitative estimate of drug-likeness (QED) is 0.574. The second-order valence-corrected chi connectivity index (χ2v) is 9.84. The van der Waals surface area contributed by atoms with E-state index in [0.29, 0.717) is 6.42 Å². The number of likely N-dealkylation sites (tertiary alicyclic amines) is 1. The molecule has 1 heterocycles. The van der Waals surface area contributed by atoms with E-state index in [1.165, 1.54) is 4.90 Å². The molecule has 0 spiro atoms. The number of rotatable bonds is 8. The minimum absolute atomic E-state index is 0.0426. The van der Waals surface area contributed by atoms with Gasteiger partial charge < -0.3 is 20.1 Å². The molecule has 34 heavy (non-hydrogen) atoms. The van der Waals surface area contributed by atoms with E-state index in [9.17, 15) is 19.5 Å². The van der Waals surface area contributed by atoms with Gasteiger partial charge in [0.05, 0.1) is 0 Å². The Morgan fingerprint density at radius 3 is 2.21 bits per heavy atom. The highest BCUT2D eigenvalue weighted by molar-refractivity contribution is 5.84. The van der Waals surface area contributed by atoms with Crippen LogP contribution >= 0.6 is 0 Å². The lowest BCUT2D eigenvalue weighted by atomic mass is 9.76. The molecule has 0 aromatic heterocycles. The minimum Gasteiger partial charge on any atom is -0.481 e. The summed E-state index contributed by atoms with van der Waals surface area (Å²) in [6.07, 6.45) is 1.34. The molecule has 2 N–H and O–H groups in total. The molecule has 0 radical (unpaired) electrons. The predicted molar refractivity (Wildman–Crippen MR) is 128 cm³/mol. The minimum atomic E-state index is -0.957. The Labute approximate surface area is 199 Å². The first-order valence-electron chi connectivity index (χ1n) is 11.4. The summed E-state index contributed by atoms with van der Waals surface area (Å²) in [7, 11) is 0. The zero-order valence-corrected chi connectivity index (χ0v) is 19.5. The number of amides is 2. The zero-order chi connectivity index (χ0) is 24.5. The molecule has 0 bridgehead atoms. The molecular formula is C27H30N2O5. The highest BCUT2D eigenvalue weighted by atomic mass is 16.5. The average molecular weight is 463 g/mol. The number of aliphatic carboxylic acids is 1. The van der Waals surface area contributed by atoms with Crippen molar-refractivity contribution in [3.8, 4) is 11.1 Å². The number of carbonyl (C=O) groups excluding carboxylic acids is 2. The molecule has 2 aliphatic rings. The summed E-state index contributed by atoms with van der Waals surface area (Å²) in [5, 5.41) is 12.3. The third-order valence-corrected chi connectivity index (χ3v) is 6.71. The number of carboxylic acids is 1. The average Bonchev–Trinajstić information content (AvgIpc) is 3.07. The fraction of sp³-hybridized carbons (Fsp3) is 0.370. The van der Waals surface area contributed by atoms with Crippen LogP contribution in [0.5, 0.6) is 0 Å². The number of alkyl carbamates (subject to hydrolysis) is 1. The number of fused-ring (bicyclic) bond motifs is 3. The van der Waals surface area contributed by atoms with Crippen molar-refractivity contribution in [3.63, 3.8) is 0 Å². The summed E-state index contributed by atoms with van der Waals surface area (Å²) >= 11 is 0. The first-order chi connectivity index (χ1) is 16.2. The van der Waals surface area contributed by atoms with Gasteiger partial charge in [0, 0.05) is 31.0 Å². The number of hydrogen-bond donors (Lipinski definition) is 2. The molecule has 2 aromatic rings. The normalized spacial score (nSPS) is 16.1. The van der Waals surface area contributed by atoms with Gasteiger partial charge in [0.1, 0.15) is 12.0 Å². The predicted octanol–water partition coefficient (Wildman–Crippen LogP) is 4.18. The molecule has 178 valence electrons. The molecule has 2 amide bonds. The van der Waals surface area contributed by atoms with Gasteiger partial charge in [-0.3, -0.25) is 9.59 Å². The smallest absolute Gasteiger partial charge is 0.407 e. The maximum atomic E-state index is 12.7. The molecule has 0 atom stereocenters. The Morgan fingerprint density at radius 2 is 1.68 bits per heavy atom. The maximum Gasteiger partial charge on any atom is 0.407 e. The number of hydrogen-bond acceptors (Lipinski definition) is 4. The number of carboxylic acid groups (broad SMARTS) is 1. The van der Waals surface area contributed by atoms with Crippen molar-refractivity contribution in [3.05, 3.63) is 72.3 Å². The Kier molecular flexibility index (Phi) is 6.21. The number of nitrogens with zero attached hydrogens (tertiary/aromatic N) is 1. The summed E-state index contributed by atoms with van der Waals surface area (Å²) < 4.78 is 5.59. The number of nitrogens with one attached hydrogen (secondary N) is 1. The van der Waals surface area contributed by atoms with Crippen molar-refractivity contribution >= 4 is 18.0 Å². The highest BCUT2D eigenvalue weighted by Gasteiger charge is 2.50. The van der Waals surface area contributed by atoms with Crippen LogP contribution in [0.15, 0.2) is 61.2 Å². The van der Waals surface area contributed by atoms with Crippen molar-refractivity contribution in [1.29, 1.82) is 0 Å². The summed E-state index contributed by atoms with van der Waals surface area (Å²) in [4.78, 5) is 38.4. The van der Waals surface area contributed by atoms with E-state index < -0.39 is 23.0 Å². The van der Waals surface area contributed by atoms with Crippen molar-refractivity contribution in [2.75, 3.05) is 19.7 Å². The van der Waals surface area contributed by atoms with E-state index >= 15 is 0 Å². The van der Waals surface area contributed by atoms with E-state index in [-0.39, 0.29) is 37.9 Å². The lowest BCUT2D eigenvalue weighted by Crippen LogP contribution is -2.63. The lowest BCUT2D eigenvalue weighted by molar-refractivity contribution is -0.166. The Balaban J connectivity index is 1.32. The summed E-state index contributed by atoms with van der Waals surface area (Å²) in [6.45, 7) is 7.60. The third-order valence-electron chi connectivity index (χ3n) is 6.71. The van der Waals surface area contributed by atoms with Crippen LogP contribution in [0.3, 0.4) is 0 Å². The molecule has 1 fully saturated rings. The number of benzene rings is 2. The van der Waals surface area contributed by atoms with Crippen LogP contribution in [0.2, 0.25) is 0 Å². The van der Waals surface area contributed by atoms with Gasteiger partial charge in [-0.05, 0) is 42.5 Å². The van der Waals surface area contributed by atoms with Gasteiger partial charge in [-0.2, -0.15) is 0 Å². The van der Waals surface area contributed by atoms with Crippen molar-refractivity contribution in [2.45, 2.75) is 38.1 Å². The first kappa shape index (κ1) is 23.5. The molecule has 4 rings (SSSR count). The molecule has 1 aliphatic heterocycles. The van der Waals surface area contributed by atoms with Gasteiger partial charge >= 0.3 is 12.1 Å². The summed E-state index contributed by atoms with van der Waals surface area (Å²) in [5.74, 6) is -1.17. The number of allylic oxidation sites excluding steroid dienone is 1. The molecule has 0 unspecified atom stereocenters. The van der Waals surface area contributed by atoms with Gasteiger partial charge in [-0.1, -0.05) is 54.6 Å². The van der Waals surface area contributed by atoms with Gasteiger partial charge in [0.2, 0.25) is 5.91 Å². The van der Waals surface area contributed by atoms with E-state index in [2.05, 4.69) is 36.2 Å². The fourth-order valence-corrected chi connectivity index (χ4v) is 4.93. The van der Waals surface area contributed by atoms with Crippen LogP contribution in [0, 0.1) is 5.41 Å². The van der Waals surface area contributed by atoms with Crippen LogP contribution < -0.4 is 5.32 Å². The molecule has 7 nitrogen and oxygen atoms in total. The van der Waals surface area contributed by atoms with Crippen LogP contribution in [0.4, 0.5) is 4.79 Å². The SMILES string of the molecule is C=CCC1(C(=O)O)CN(C(=O)CC(C)(C)NC(=O)OCC2c3ccccc3-c3ccccc32)C1. The molecule has 7 heteroatoms. The molecular weight excluding hydrogens is 432 g/mol. The standard InChI is InChI=1S/C27H30N2O5/c1-4-13-27(24(31)32)16-29(17-27)23(30)14-26(2,3)28-25(33)34-15-22-20-11-7-5-9-18(20)19-10-6-8-12-21(19)22/h4-12,22H,1,13-17H2,2-3H3,(H,28,33)(H,31,32). The van der Waals surface area contributed by atoms with E-state index in [0.717, 1.165) is 22.3 Å². The lowest BCUT2D eigenvalue weighted by Gasteiger charge is -2.47. The maximum absolute atomic E-state index is 12.7. The van der Waals surface area contributed by atoms with E-state index in [4.69, 9.17) is 4.74 Å². The Morgan fingerprint density at radius 1 is 1.12 bits per heavy atom. The highest BCUT2D eigenvalue weighted by Crippen LogP contribution is 2.44. The second-order valence-electron chi connectivity index (χ2n) is 9.84. The largest absolute Gasteiger partial charge is 0.481 e. The van der Waals surface area contributed by atoms with Crippen LogP contribution in [-0.2, 0) is 14.3 Å². The van der Waals surface area contributed by atoms with Gasteiger partial charge in [0.15, 0.2) is 0 Å². The van der Waals surface area contributed by atoms with Crippen molar-refractivity contribution in [2.24, 2.45) is 5.41 Å².